The number of aromatic nitrogens is 2. The molecular weight excluding hydrogens is 390 g/mol. The summed E-state index contributed by atoms with van der Waals surface area (Å²) < 4.78 is 2.48. The van der Waals surface area contributed by atoms with E-state index in [4.69, 9.17) is 11.6 Å². The minimum Gasteiger partial charge on any atom is -0.340 e. The normalized spacial score (nSPS) is 16.9. The molecule has 29 heavy (non-hydrogen) atoms. The minimum absolute atomic E-state index is 0.121. The van der Waals surface area contributed by atoms with Crippen LogP contribution >= 0.6 is 11.6 Å². The van der Waals surface area contributed by atoms with E-state index in [1.54, 1.807) is 25.2 Å². The minimum atomic E-state index is -0.607. The van der Waals surface area contributed by atoms with Crippen LogP contribution in [0.4, 0.5) is 5.82 Å². The van der Waals surface area contributed by atoms with Crippen molar-refractivity contribution in [3.8, 4) is 0 Å². The first-order chi connectivity index (χ1) is 13.9. The summed E-state index contributed by atoms with van der Waals surface area (Å²) in [7, 11) is 3.06. The number of hydrogen-bond donors (Lipinski definition) is 1. The molecule has 1 aliphatic carbocycles. The van der Waals surface area contributed by atoms with Crippen LogP contribution in [0.3, 0.4) is 0 Å². The molecule has 1 aromatic heterocycles. The Morgan fingerprint density at radius 1 is 0.897 bits per heavy atom. The predicted molar refractivity (Wildman–Crippen MR) is 112 cm³/mol. The number of Topliss-reactive ketones (excluding diaryl/α,β-unsaturated/α-hetero) is 1. The van der Waals surface area contributed by atoms with Gasteiger partial charge in [0.15, 0.2) is 5.78 Å². The van der Waals surface area contributed by atoms with Gasteiger partial charge in [-0.1, -0.05) is 48.0 Å². The molecule has 0 radical (unpaired) electrons. The highest BCUT2D eigenvalue weighted by molar-refractivity contribution is 6.30. The summed E-state index contributed by atoms with van der Waals surface area (Å²) in [5.41, 5.74) is 2.78. The summed E-state index contributed by atoms with van der Waals surface area (Å²) >= 11 is 6.06. The molecule has 144 valence electrons. The van der Waals surface area contributed by atoms with Crippen LogP contribution in [0.15, 0.2) is 63.7 Å². The second-order valence-corrected chi connectivity index (χ2v) is 7.68. The molecular formula is C22H16ClN3O3. The van der Waals surface area contributed by atoms with E-state index in [0.717, 1.165) is 15.7 Å². The molecule has 1 aliphatic heterocycles. The Balaban J connectivity index is 1.89. The maximum Gasteiger partial charge on any atom is 0.332 e. The van der Waals surface area contributed by atoms with Gasteiger partial charge in [0.05, 0.1) is 11.3 Å². The van der Waals surface area contributed by atoms with Crippen LogP contribution in [-0.4, -0.2) is 14.9 Å². The zero-order chi connectivity index (χ0) is 20.4. The number of carbonyl (C=O) groups excluding carboxylic acids is 1. The molecule has 0 bridgehead atoms. The van der Waals surface area contributed by atoms with Crippen molar-refractivity contribution in [2.45, 2.75) is 5.92 Å². The van der Waals surface area contributed by atoms with E-state index >= 15 is 0 Å². The van der Waals surface area contributed by atoms with Gasteiger partial charge < -0.3 is 5.32 Å². The summed E-state index contributed by atoms with van der Waals surface area (Å²) in [4.78, 5) is 39.0. The Kier molecular flexibility index (Phi) is 3.70. The van der Waals surface area contributed by atoms with Crippen LogP contribution in [0.1, 0.15) is 33.0 Å². The molecule has 3 aromatic rings. The van der Waals surface area contributed by atoms with E-state index in [9.17, 15) is 14.4 Å². The molecule has 0 saturated heterocycles. The highest BCUT2D eigenvalue weighted by Crippen LogP contribution is 2.47. The number of anilines is 1. The van der Waals surface area contributed by atoms with Gasteiger partial charge in [-0.2, -0.15) is 0 Å². The molecule has 1 N–H and O–H groups in total. The third-order valence-corrected chi connectivity index (χ3v) is 5.93. The number of nitrogens with one attached hydrogen (secondary N) is 1. The van der Waals surface area contributed by atoms with E-state index in [0.29, 0.717) is 33.2 Å². The quantitative estimate of drug-likeness (QED) is 0.675. The molecule has 0 spiro atoms. The maximum atomic E-state index is 13.3. The van der Waals surface area contributed by atoms with Crippen LogP contribution < -0.4 is 16.6 Å². The second kappa shape index (κ2) is 6.06. The Morgan fingerprint density at radius 2 is 1.55 bits per heavy atom. The summed E-state index contributed by atoms with van der Waals surface area (Å²) in [5, 5.41) is 3.78. The van der Waals surface area contributed by atoms with Crippen LogP contribution in [-0.2, 0) is 14.1 Å². The summed E-state index contributed by atoms with van der Waals surface area (Å²) in [6.07, 6.45) is 0. The van der Waals surface area contributed by atoms with Crippen LogP contribution in [0.2, 0.25) is 5.02 Å². The molecule has 0 saturated carbocycles. The van der Waals surface area contributed by atoms with Gasteiger partial charge in [0, 0.05) is 41.7 Å². The fourth-order valence-electron chi connectivity index (χ4n) is 4.25. The third kappa shape index (κ3) is 2.32. The van der Waals surface area contributed by atoms with E-state index < -0.39 is 17.2 Å². The molecule has 7 heteroatoms. The van der Waals surface area contributed by atoms with Gasteiger partial charge in [0.25, 0.3) is 5.56 Å². The molecule has 2 aliphatic rings. The number of rotatable bonds is 1. The number of fused-ring (bicyclic) bond motifs is 3. The van der Waals surface area contributed by atoms with Crippen LogP contribution in [0.5, 0.6) is 0 Å². The van der Waals surface area contributed by atoms with Gasteiger partial charge in [-0.15, -0.1) is 0 Å². The van der Waals surface area contributed by atoms with Crippen molar-refractivity contribution in [1.82, 2.24) is 9.13 Å². The Hall–Kier alpha value is -3.38. The largest absolute Gasteiger partial charge is 0.340 e. The average molecular weight is 406 g/mol. The number of ketones is 1. The van der Waals surface area contributed by atoms with E-state index in [2.05, 4.69) is 5.32 Å². The molecule has 2 aromatic carbocycles. The number of halogens is 1. The first kappa shape index (κ1) is 17.7. The predicted octanol–water partition coefficient (Wildman–Crippen LogP) is 2.90. The average Bonchev–Trinajstić information content (AvgIpc) is 3.02. The van der Waals surface area contributed by atoms with Crippen molar-refractivity contribution in [3.05, 3.63) is 102 Å². The van der Waals surface area contributed by atoms with Gasteiger partial charge >= 0.3 is 5.69 Å². The first-order valence-corrected chi connectivity index (χ1v) is 9.48. The van der Waals surface area contributed by atoms with Crippen molar-refractivity contribution in [2.24, 2.45) is 14.1 Å². The highest BCUT2D eigenvalue weighted by atomic mass is 35.5. The van der Waals surface area contributed by atoms with Gasteiger partial charge in [-0.05, 0) is 17.7 Å². The Bertz CT molecular complexity index is 1360. The van der Waals surface area contributed by atoms with Crippen molar-refractivity contribution in [3.63, 3.8) is 0 Å². The SMILES string of the molecule is Cn1c2c(c(=O)n(C)c1=O)[C@@H](c1ccc(Cl)cc1)C1=C(N2)c2ccccc2C1=O. The lowest BCUT2D eigenvalue weighted by Gasteiger charge is -2.29. The van der Waals surface area contributed by atoms with Crippen LogP contribution in [0, 0.1) is 0 Å². The van der Waals surface area contributed by atoms with E-state index in [-0.39, 0.29) is 5.78 Å². The van der Waals surface area contributed by atoms with Crippen LogP contribution in [0.25, 0.3) is 5.70 Å². The van der Waals surface area contributed by atoms with Gasteiger partial charge in [0.1, 0.15) is 5.82 Å². The molecule has 2 heterocycles. The molecule has 6 nitrogen and oxygen atoms in total. The molecule has 0 unspecified atom stereocenters. The fraction of sp³-hybridized carbons (Fsp3) is 0.136. The fourth-order valence-corrected chi connectivity index (χ4v) is 4.37. The molecule has 5 rings (SSSR count). The molecule has 1 atom stereocenters. The van der Waals surface area contributed by atoms with E-state index in [1.807, 2.05) is 30.3 Å². The van der Waals surface area contributed by atoms with Gasteiger partial charge in [0.2, 0.25) is 0 Å². The van der Waals surface area contributed by atoms with Crippen molar-refractivity contribution >= 4 is 28.9 Å². The third-order valence-electron chi connectivity index (χ3n) is 5.68. The molecule has 0 fully saturated rings. The Morgan fingerprint density at radius 3 is 2.24 bits per heavy atom. The Labute approximate surface area is 170 Å². The van der Waals surface area contributed by atoms with Crippen molar-refractivity contribution < 1.29 is 4.79 Å². The lowest BCUT2D eigenvalue weighted by Crippen LogP contribution is -2.42. The second-order valence-electron chi connectivity index (χ2n) is 7.24. The van der Waals surface area contributed by atoms with Gasteiger partial charge in [-0.25, -0.2) is 4.79 Å². The lowest BCUT2D eigenvalue weighted by atomic mass is 9.81. The number of carbonyl (C=O) groups is 1. The zero-order valence-electron chi connectivity index (χ0n) is 15.7. The topological polar surface area (TPSA) is 73.1 Å². The number of hydrogen-bond acceptors (Lipinski definition) is 4. The number of benzene rings is 2. The lowest BCUT2D eigenvalue weighted by molar-refractivity contribution is 0.103. The van der Waals surface area contributed by atoms with Crippen molar-refractivity contribution in [1.29, 1.82) is 0 Å². The first-order valence-electron chi connectivity index (χ1n) is 9.10. The molecule has 0 amide bonds. The van der Waals surface area contributed by atoms with Gasteiger partial charge in [-0.3, -0.25) is 18.7 Å². The highest BCUT2D eigenvalue weighted by Gasteiger charge is 2.42. The number of nitrogens with zero attached hydrogens (tertiary/aromatic N) is 2. The maximum absolute atomic E-state index is 13.3. The summed E-state index contributed by atoms with van der Waals surface area (Å²) in [6.45, 7) is 0. The number of allylic oxidation sites excluding steroid dienone is 1. The standard InChI is InChI=1S/C22H16ClN3O3/c1-25-20-17(21(28)26(2)22(25)29)15(11-7-9-12(23)10-8-11)16-18(24-20)13-5-3-4-6-14(13)19(16)27/h3-10,15,24H,1-2H3/t15-/m0/s1. The van der Waals surface area contributed by atoms with E-state index in [1.165, 1.54) is 11.6 Å². The smallest absolute Gasteiger partial charge is 0.332 e. The summed E-state index contributed by atoms with van der Waals surface area (Å²) in [5.74, 6) is -0.324. The monoisotopic (exact) mass is 405 g/mol. The zero-order valence-corrected chi connectivity index (χ0v) is 16.4. The summed E-state index contributed by atoms with van der Waals surface area (Å²) in [6, 6.07) is 14.4. The van der Waals surface area contributed by atoms with Crippen molar-refractivity contribution in [2.75, 3.05) is 5.32 Å².